The fourth-order valence-electron chi connectivity index (χ4n) is 0.230. The summed E-state index contributed by atoms with van der Waals surface area (Å²) in [5.74, 6) is 0. The molecule has 0 aliphatic carbocycles. The third-order valence-corrected chi connectivity index (χ3v) is 4.23. The van der Waals surface area contributed by atoms with Gasteiger partial charge in [0.05, 0.1) is 0 Å². The van der Waals surface area contributed by atoms with Crippen LogP contribution in [0.1, 0.15) is 0 Å². The van der Waals surface area contributed by atoms with E-state index in [0.717, 1.165) is 0 Å². The van der Waals surface area contributed by atoms with Crippen molar-refractivity contribution in [1.29, 1.82) is 0 Å². The molecule has 0 amide bonds. The minimum Gasteiger partial charge on any atom is -0.184 e. The van der Waals surface area contributed by atoms with Gasteiger partial charge < -0.3 is 0 Å². The number of rotatable bonds is 4. The second-order valence-electron chi connectivity index (χ2n) is 2.55. The van der Waals surface area contributed by atoms with Crippen LogP contribution in [0.4, 0.5) is 0 Å². The van der Waals surface area contributed by atoms with Gasteiger partial charge in [0.2, 0.25) is 0 Å². The molecule has 0 heterocycles. The van der Waals surface area contributed by atoms with Crippen molar-refractivity contribution >= 4 is 20.6 Å². The summed E-state index contributed by atoms with van der Waals surface area (Å²) in [4.78, 5) is 0. The van der Waals surface area contributed by atoms with Gasteiger partial charge in [-0.05, 0) is 0 Å². The Balaban J connectivity index is 4.86. The van der Waals surface area contributed by atoms with Gasteiger partial charge in [-0.25, -0.2) is 0 Å². The Morgan fingerprint density at radius 2 is 1.00 bits per heavy atom. The van der Waals surface area contributed by atoms with E-state index in [-0.39, 0.29) is 0 Å². The minimum absolute atomic E-state index is 0.661. The highest BCUT2D eigenvalue weighted by Gasteiger charge is 2.26. The van der Waals surface area contributed by atoms with Crippen molar-refractivity contribution in [3.8, 4) is 0 Å². The quantitative estimate of drug-likeness (QED) is 0.596. The van der Waals surface area contributed by atoms with Gasteiger partial charge in [0.25, 0.3) is 0 Å². The molecule has 0 atom stereocenters. The van der Waals surface area contributed by atoms with Crippen LogP contribution >= 0.6 is 0 Å². The standard InChI is InChI=1S/C4H12N2O5S2/c1-5(2)12(7,8)11-13(9,10)6(3)4/h1-4H3. The zero-order chi connectivity index (χ0) is 10.9. The summed E-state index contributed by atoms with van der Waals surface area (Å²) >= 11 is 0. The van der Waals surface area contributed by atoms with Crippen molar-refractivity contribution < 1.29 is 20.5 Å². The van der Waals surface area contributed by atoms with Crippen LogP contribution in [0.5, 0.6) is 0 Å². The summed E-state index contributed by atoms with van der Waals surface area (Å²) in [5.41, 5.74) is 0. The fourth-order valence-corrected chi connectivity index (χ4v) is 2.07. The third-order valence-electron chi connectivity index (χ3n) is 1.07. The number of hydrogen-bond donors (Lipinski definition) is 0. The van der Waals surface area contributed by atoms with Gasteiger partial charge in [-0.3, -0.25) is 0 Å². The van der Waals surface area contributed by atoms with Crippen molar-refractivity contribution in [2.75, 3.05) is 28.2 Å². The van der Waals surface area contributed by atoms with Gasteiger partial charge in [-0.1, -0.05) is 0 Å². The fraction of sp³-hybridized carbons (Fsp3) is 1.00. The number of nitrogens with zero attached hydrogens (tertiary/aromatic N) is 2. The Hall–Kier alpha value is -0.220. The van der Waals surface area contributed by atoms with Crippen LogP contribution in [0.2, 0.25) is 0 Å². The van der Waals surface area contributed by atoms with Crippen LogP contribution in [0.15, 0.2) is 0 Å². The molecule has 9 heteroatoms. The zero-order valence-electron chi connectivity index (χ0n) is 7.75. The molecular formula is C4H12N2O5S2. The molecule has 0 fully saturated rings. The lowest BCUT2D eigenvalue weighted by molar-refractivity contribution is 0.383. The Morgan fingerprint density at radius 1 is 0.769 bits per heavy atom. The van der Waals surface area contributed by atoms with E-state index in [4.69, 9.17) is 0 Å². The Morgan fingerprint density at radius 3 is 1.15 bits per heavy atom. The lowest BCUT2D eigenvalue weighted by atomic mass is 11.3. The molecule has 0 saturated carbocycles. The first-order valence-corrected chi connectivity index (χ1v) is 5.88. The van der Waals surface area contributed by atoms with Crippen molar-refractivity contribution in [3.05, 3.63) is 0 Å². The minimum atomic E-state index is -4.20. The van der Waals surface area contributed by atoms with Gasteiger partial charge in [0, 0.05) is 28.2 Å². The average Bonchev–Trinajstić information content (AvgIpc) is 1.83. The monoisotopic (exact) mass is 232 g/mol. The first kappa shape index (κ1) is 12.8. The van der Waals surface area contributed by atoms with E-state index < -0.39 is 20.6 Å². The summed E-state index contributed by atoms with van der Waals surface area (Å²) in [7, 11) is -3.73. The van der Waals surface area contributed by atoms with Crippen LogP contribution in [0.3, 0.4) is 0 Å². The van der Waals surface area contributed by atoms with E-state index in [9.17, 15) is 16.8 Å². The van der Waals surface area contributed by atoms with Crippen molar-refractivity contribution in [2.24, 2.45) is 0 Å². The molecular weight excluding hydrogens is 220 g/mol. The highest BCUT2D eigenvalue weighted by molar-refractivity contribution is 7.97. The first-order chi connectivity index (χ1) is 5.59. The van der Waals surface area contributed by atoms with Crippen LogP contribution in [-0.2, 0) is 24.2 Å². The van der Waals surface area contributed by atoms with E-state index in [2.05, 4.69) is 3.63 Å². The molecule has 0 aromatic carbocycles. The van der Waals surface area contributed by atoms with Gasteiger partial charge >= 0.3 is 20.6 Å². The van der Waals surface area contributed by atoms with Gasteiger partial charge in [-0.2, -0.15) is 25.4 Å². The molecule has 0 spiro atoms. The molecule has 0 saturated heterocycles. The Kier molecular flexibility index (Phi) is 3.82. The van der Waals surface area contributed by atoms with E-state index in [1.54, 1.807) is 0 Å². The number of hydrogen-bond acceptors (Lipinski definition) is 5. The largest absolute Gasteiger partial charge is 0.353 e. The molecule has 0 bridgehead atoms. The predicted octanol–water partition coefficient (Wildman–Crippen LogP) is -1.38. The van der Waals surface area contributed by atoms with Crippen molar-refractivity contribution in [2.45, 2.75) is 0 Å². The van der Waals surface area contributed by atoms with Crippen molar-refractivity contribution in [3.63, 3.8) is 0 Å². The van der Waals surface area contributed by atoms with Gasteiger partial charge in [0.15, 0.2) is 0 Å². The highest BCUT2D eigenvalue weighted by Crippen LogP contribution is 2.05. The molecule has 0 unspecified atom stereocenters. The summed E-state index contributed by atoms with van der Waals surface area (Å²) in [6, 6.07) is 0. The maximum atomic E-state index is 10.9. The Bertz CT molecular complexity index is 318. The molecule has 0 aromatic heterocycles. The summed E-state index contributed by atoms with van der Waals surface area (Å²) in [6.07, 6.45) is 0. The molecule has 0 N–H and O–H groups in total. The van der Waals surface area contributed by atoms with Crippen molar-refractivity contribution in [1.82, 2.24) is 8.61 Å². The van der Waals surface area contributed by atoms with E-state index >= 15 is 0 Å². The molecule has 80 valence electrons. The molecule has 0 aromatic rings. The second-order valence-corrected chi connectivity index (χ2v) is 6.26. The van der Waals surface area contributed by atoms with E-state index in [1.807, 2.05) is 0 Å². The molecule has 0 aliphatic rings. The smallest absolute Gasteiger partial charge is 0.184 e. The van der Waals surface area contributed by atoms with Crippen LogP contribution < -0.4 is 0 Å². The molecule has 0 rings (SSSR count). The SMILES string of the molecule is CN(C)S(=O)(=O)OS(=O)(=O)N(C)C. The van der Waals surface area contributed by atoms with Crippen LogP contribution in [0, 0.1) is 0 Å². The van der Waals surface area contributed by atoms with Crippen LogP contribution in [0.25, 0.3) is 0 Å². The molecule has 0 radical (unpaired) electrons. The Labute approximate surface area is 78.4 Å². The average molecular weight is 232 g/mol. The lowest BCUT2D eigenvalue weighted by Gasteiger charge is -2.13. The summed E-state index contributed by atoms with van der Waals surface area (Å²) < 4.78 is 49.1. The predicted molar refractivity (Wildman–Crippen MR) is 46.3 cm³/mol. The molecule has 0 aliphatic heterocycles. The van der Waals surface area contributed by atoms with Crippen LogP contribution in [-0.4, -0.2) is 53.6 Å². The first-order valence-electron chi connectivity index (χ1n) is 3.15. The second kappa shape index (κ2) is 3.88. The van der Waals surface area contributed by atoms with E-state index in [0.29, 0.717) is 8.61 Å². The summed E-state index contributed by atoms with van der Waals surface area (Å²) in [5, 5.41) is 0. The molecule has 7 nitrogen and oxygen atoms in total. The zero-order valence-corrected chi connectivity index (χ0v) is 9.39. The maximum absolute atomic E-state index is 10.9. The maximum Gasteiger partial charge on any atom is 0.353 e. The topological polar surface area (TPSA) is 84.0 Å². The normalized spacial score (nSPS) is 14.0. The lowest BCUT2D eigenvalue weighted by Crippen LogP contribution is -2.33. The summed E-state index contributed by atoms with van der Waals surface area (Å²) in [6.45, 7) is 0. The third kappa shape index (κ3) is 3.56. The van der Waals surface area contributed by atoms with Gasteiger partial charge in [-0.15, -0.1) is 3.63 Å². The van der Waals surface area contributed by atoms with E-state index in [1.165, 1.54) is 28.2 Å². The van der Waals surface area contributed by atoms with Gasteiger partial charge in [0.1, 0.15) is 0 Å². The molecule has 13 heavy (non-hydrogen) atoms. The highest BCUT2D eigenvalue weighted by atomic mass is 32.3.